The number of rotatable bonds is 2. The Morgan fingerprint density at radius 2 is 1.60 bits per heavy atom. The topological polar surface area (TPSA) is 0 Å². The summed E-state index contributed by atoms with van der Waals surface area (Å²) in [6, 6.07) is 0. The number of hydrogen-bond donors (Lipinski definition) is 0. The maximum atomic E-state index is 11.9. The SMILES string of the molecule is FC(F)=C(F)C(F)(F)CI. The molecule has 0 aromatic carbocycles. The Labute approximate surface area is 67.2 Å². The van der Waals surface area contributed by atoms with Gasteiger partial charge in [-0.1, -0.05) is 22.6 Å². The molecule has 0 saturated heterocycles. The fourth-order valence-corrected chi connectivity index (χ4v) is 0.532. The lowest BCUT2D eigenvalue weighted by molar-refractivity contribution is 0.0385. The minimum atomic E-state index is -4.03. The normalized spacial score (nSPS) is 11.4. The lowest BCUT2D eigenvalue weighted by atomic mass is 10.3. The van der Waals surface area contributed by atoms with Crippen LogP contribution in [0, 0.1) is 0 Å². The Balaban J connectivity index is 4.49. The molecule has 0 aliphatic heterocycles. The van der Waals surface area contributed by atoms with Gasteiger partial charge in [-0.15, -0.1) is 0 Å². The Morgan fingerprint density at radius 3 is 1.70 bits per heavy atom. The zero-order chi connectivity index (χ0) is 8.36. The van der Waals surface area contributed by atoms with Gasteiger partial charge in [0, 0.05) is 0 Å². The van der Waals surface area contributed by atoms with Gasteiger partial charge >= 0.3 is 12.0 Å². The Morgan fingerprint density at radius 1 is 1.20 bits per heavy atom. The predicted molar refractivity (Wildman–Crippen MR) is 34.2 cm³/mol. The molecule has 6 heteroatoms. The number of hydrogen-bond acceptors (Lipinski definition) is 0. The molecule has 0 aromatic heterocycles. The van der Waals surface area contributed by atoms with Crippen LogP contribution in [0.25, 0.3) is 0 Å². The van der Waals surface area contributed by atoms with E-state index in [-0.39, 0.29) is 0 Å². The fourth-order valence-electron chi connectivity index (χ4n) is 0.197. The van der Waals surface area contributed by atoms with Gasteiger partial charge in [-0.2, -0.15) is 22.0 Å². The van der Waals surface area contributed by atoms with Crippen molar-refractivity contribution in [3.05, 3.63) is 11.9 Å². The molecule has 0 N–H and O–H groups in total. The molecule has 0 heterocycles. The molecular weight excluding hydrogens is 270 g/mol. The van der Waals surface area contributed by atoms with Crippen LogP contribution in [-0.2, 0) is 0 Å². The molecule has 0 radical (unpaired) electrons. The van der Waals surface area contributed by atoms with Crippen molar-refractivity contribution in [1.82, 2.24) is 0 Å². The fraction of sp³-hybridized carbons (Fsp3) is 0.500. The minimum absolute atomic E-state index is 0.992. The molecule has 0 unspecified atom stereocenters. The first-order chi connectivity index (χ1) is 4.41. The molecule has 0 bridgehead atoms. The van der Waals surface area contributed by atoms with E-state index in [1.54, 1.807) is 0 Å². The van der Waals surface area contributed by atoms with Crippen molar-refractivity contribution >= 4 is 22.6 Å². The van der Waals surface area contributed by atoms with E-state index < -0.39 is 22.3 Å². The first kappa shape index (κ1) is 10.1. The predicted octanol–water partition coefficient (Wildman–Crippen LogP) is 3.13. The molecule has 0 fully saturated rings. The molecular formula is C4H2F5I. The lowest BCUT2D eigenvalue weighted by Crippen LogP contribution is -2.18. The summed E-state index contributed by atoms with van der Waals surface area (Å²) < 4.78 is 56.7. The summed E-state index contributed by atoms with van der Waals surface area (Å²) in [5, 5.41) is 0. The van der Waals surface area contributed by atoms with Crippen molar-refractivity contribution in [3.63, 3.8) is 0 Å². The Kier molecular flexibility index (Phi) is 3.54. The first-order valence-electron chi connectivity index (χ1n) is 2.07. The van der Waals surface area contributed by atoms with Gasteiger partial charge in [-0.05, 0) is 0 Å². The third kappa shape index (κ3) is 2.39. The molecule has 0 rings (SSSR count). The van der Waals surface area contributed by atoms with Crippen molar-refractivity contribution in [2.24, 2.45) is 0 Å². The molecule has 0 amide bonds. The Bertz CT molecular complexity index is 148. The molecule has 0 saturated carbocycles. The van der Waals surface area contributed by atoms with E-state index in [0.717, 1.165) is 22.6 Å². The van der Waals surface area contributed by atoms with Crippen molar-refractivity contribution < 1.29 is 22.0 Å². The number of allylic oxidation sites excluding steroid dienone is 1. The second-order valence-electron chi connectivity index (χ2n) is 1.41. The third-order valence-corrected chi connectivity index (χ3v) is 1.61. The van der Waals surface area contributed by atoms with Gasteiger partial charge in [0.05, 0.1) is 4.43 Å². The lowest BCUT2D eigenvalue weighted by Gasteiger charge is -2.07. The van der Waals surface area contributed by atoms with Crippen LogP contribution >= 0.6 is 22.6 Å². The van der Waals surface area contributed by atoms with E-state index in [1.165, 1.54) is 0 Å². The summed E-state index contributed by atoms with van der Waals surface area (Å²) in [5.74, 6) is -6.67. The largest absolute Gasteiger partial charge is 0.312 e. The summed E-state index contributed by atoms with van der Waals surface area (Å²) in [4.78, 5) is 0. The summed E-state index contributed by atoms with van der Waals surface area (Å²) >= 11 is 1.12. The summed E-state index contributed by atoms with van der Waals surface area (Å²) in [6.45, 7) is 0. The van der Waals surface area contributed by atoms with Gasteiger partial charge in [-0.3, -0.25) is 0 Å². The zero-order valence-corrected chi connectivity index (χ0v) is 6.63. The van der Waals surface area contributed by atoms with Gasteiger partial charge < -0.3 is 0 Å². The maximum Gasteiger partial charge on any atom is 0.312 e. The van der Waals surface area contributed by atoms with Gasteiger partial charge in [0.2, 0.25) is 5.83 Å². The minimum Gasteiger partial charge on any atom is -0.199 e. The molecule has 0 nitrogen and oxygen atoms in total. The van der Waals surface area contributed by atoms with Crippen molar-refractivity contribution in [3.8, 4) is 0 Å². The second kappa shape index (κ2) is 3.49. The molecule has 0 spiro atoms. The van der Waals surface area contributed by atoms with Crippen LogP contribution in [0.2, 0.25) is 0 Å². The molecule has 0 aromatic rings. The second-order valence-corrected chi connectivity index (χ2v) is 2.18. The quantitative estimate of drug-likeness (QED) is 0.411. The van der Waals surface area contributed by atoms with Crippen molar-refractivity contribution in [2.75, 3.05) is 4.43 Å². The highest BCUT2D eigenvalue weighted by molar-refractivity contribution is 14.1. The monoisotopic (exact) mass is 272 g/mol. The van der Waals surface area contributed by atoms with E-state index in [0.29, 0.717) is 0 Å². The van der Waals surface area contributed by atoms with E-state index in [2.05, 4.69) is 0 Å². The number of halogens is 6. The van der Waals surface area contributed by atoms with Gasteiger partial charge in [0.1, 0.15) is 0 Å². The van der Waals surface area contributed by atoms with Crippen LogP contribution in [0.5, 0.6) is 0 Å². The van der Waals surface area contributed by atoms with E-state index in [9.17, 15) is 22.0 Å². The average Bonchev–Trinajstić information content (AvgIpc) is 1.86. The molecule has 0 atom stereocenters. The highest BCUT2D eigenvalue weighted by Gasteiger charge is 2.37. The summed E-state index contributed by atoms with van der Waals surface area (Å²) in [5.41, 5.74) is 0. The molecule has 0 aliphatic rings. The van der Waals surface area contributed by atoms with Crippen LogP contribution in [0.15, 0.2) is 11.9 Å². The van der Waals surface area contributed by atoms with Gasteiger partial charge in [0.25, 0.3) is 0 Å². The zero-order valence-electron chi connectivity index (χ0n) is 4.47. The third-order valence-electron chi connectivity index (χ3n) is 0.655. The highest BCUT2D eigenvalue weighted by atomic mass is 127. The Hall–Kier alpha value is 0.120. The van der Waals surface area contributed by atoms with Crippen molar-refractivity contribution in [1.29, 1.82) is 0 Å². The standard InChI is InChI=1S/C4H2F5I/c5-2(3(6)7)4(8,9)1-10/h1H2. The highest BCUT2D eigenvalue weighted by Crippen LogP contribution is 2.30. The summed E-state index contributed by atoms with van der Waals surface area (Å²) in [7, 11) is 0. The van der Waals surface area contributed by atoms with Crippen molar-refractivity contribution in [2.45, 2.75) is 5.92 Å². The maximum absolute atomic E-state index is 11.9. The average molecular weight is 272 g/mol. The van der Waals surface area contributed by atoms with Crippen LogP contribution < -0.4 is 0 Å². The van der Waals surface area contributed by atoms with Gasteiger partial charge in [0.15, 0.2) is 0 Å². The van der Waals surface area contributed by atoms with Crippen LogP contribution in [0.3, 0.4) is 0 Å². The molecule has 60 valence electrons. The summed E-state index contributed by atoms with van der Waals surface area (Å²) in [6.07, 6.45) is -2.96. The smallest absolute Gasteiger partial charge is 0.199 e. The molecule has 0 aliphatic carbocycles. The first-order valence-corrected chi connectivity index (χ1v) is 3.59. The number of alkyl halides is 3. The van der Waals surface area contributed by atoms with E-state index in [4.69, 9.17) is 0 Å². The van der Waals surface area contributed by atoms with Crippen LogP contribution in [0.1, 0.15) is 0 Å². The van der Waals surface area contributed by atoms with E-state index >= 15 is 0 Å². The molecule has 10 heavy (non-hydrogen) atoms. The van der Waals surface area contributed by atoms with Crippen LogP contribution in [0.4, 0.5) is 22.0 Å². The van der Waals surface area contributed by atoms with Crippen LogP contribution in [-0.4, -0.2) is 10.4 Å². The van der Waals surface area contributed by atoms with Gasteiger partial charge in [-0.25, -0.2) is 0 Å². The van der Waals surface area contributed by atoms with E-state index in [1.807, 2.05) is 0 Å².